The second-order valence-corrected chi connectivity index (χ2v) is 5.95. The molecule has 0 aromatic heterocycles. The molecular formula is C15H26N2O5. The molecule has 0 spiro atoms. The summed E-state index contributed by atoms with van der Waals surface area (Å²) in [6, 6.07) is 0. The van der Waals surface area contributed by atoms with E-state index in [1.807, 2.05) is 20.8 Å². The molecular weight excluding hydrogens is 288 g/mol. The van der Waals surface area contributed by atoms with Crippen molar-refractivity contribution in [3.8, 4) is 0 Å². The standard InChI is InChI=1S/C15H26N2O5/c1-6-11(18)16-9-12(19)17-15(13(20)21-5)8-10(22-7-2)14(15,3)4/h10H,6-9H2,1-5H3,(H,16,18)(H,17,19)/t10-,15+/m0/s1. The van der Waals surface area contributed by atoms with Crippen molar-refractivity contribution in [3.63, 3.8) is 0 Å². The number of carbonyl (C=O) groups excluding carboxylic acids is 3. The maximum absolute atomic E-state index is 12.2. The first-order chi connectivity index (χ1) is 10.2. The Hall–Kier alpha value is -1.63. The van der Waals surface area contributed by atoms with Crippen LogP contribution in [0.3, 0.4) is 0 Å². The van der Waals surface area contributed by atoms with Gasteiger partial charge in [-0.2, -0.15) is 0 Å². The molecule has 2 atom stereocenters. The number of amides is 2. The van der Waals surface area contributed by atoms with E-state index in [0.29, 0.717) is 19.4 Å². The van der Waals surface area contributed by atoms with Crippen molar-refractivity contribution in [1.29, 1.82) is 0 Å². The number of hydrogen-bond acceptors (Lipinski definition) is 5. The molecule has 1 aliphatic rings. The quantitative estimate of drug-likeness (QED) is 0.662. The van der Waals surface area contributed by atoms with Crippen LogP contribution >= 0.6 is 0 Å². The van der Waals surface area contributed by atoms with E-state index in [9.17, 15) is 14.4 Å². The van der Waals surface area contributed by atoms with Crippen molar-refractivity contribution >= 4 is 17.8 Å². The highest BCUT2D eigenvalue weighted by atomic mass is 16.5. The summed E-state index contributed by atoms with van der Waals surface area (Å²) in [5.41, 5.74) is -1.73. The highest BCUT2D eigenvalue weighted by Gasteiger charge is 2.66. The molecule has 126 valence electrons. The molecule has 1 saturated carbocycles. The molecule has 1 rings (SSSR count). The average Bonchev–Trinajstić information content (AvgIpc) is 2.50. The van der Waals surface area contributed by atoms with Gasteiger partial charge in [0, 0.05) is 24.9 Å². The molecule has 7 heteroatoms. The Kier molecular flexibility index (Phi) is 5.93. The van der Waals surface area contributed by atoms with Crippen molar-refractivity contribution in [2.45, 2.75) is 52.2 Å². The van der Waals surface area contributed by atoms with Crippen LogP contribution in [0, 0.1) is 5.41 Å². The number of ether oxygens (including phenoxy) is 2. The van der Waals surface area contributed by atoms with Gasteiger partial charge >= 0.3 is 5.97 Å². The normalized spacial score (nSPS) is 25.8. The van der Waals surface area contributed by atoms with Gasteiger partial charge in [0.25, 0.3) is 0 Å². The Morgan fingerprint density at radius 3 is 2.27 bits per heavy atom. The smallest absolute Gasteiger partial charge is 0.332 e. The zero-order valence-corrected chi connectivity index (χ0v) is 13.9. The van der Waals surface area contributed by atoms with Crippen molar-refractivity contribution in [3.05, 3.63) is 0 Å². The molecule has 7 nitrogen and oxygen atoms in total. The zero-order chi connectivity index (χ0) is 17.0. The number of rotatable bonds is 7. The van der Waals surface area contributed by atoms with Gasteiger partial charge in [-0.05, 0) is 6.92 Å². The van der Waals surface area contributed by atoms with E-state index >= 15 is 0 Å². The lowest BCUT2D eigenvalue weighted by Gasteiger charge is -2.58. The summed E-state index contributed by atoms with van der Waals surface area (Å²) in [5, 5.41) is 5.22. The molecule has 0 saturated heterocycles. The van der Waals surface area contributed by atoms with Gasteiger partial charge in [0.1, 0.15) is 5.54 Å². The summed E-state index contributed by atoms with van der Waals surface area (Å²) >= 11 is 0. The van der Waals surface area contributed by atoms with E-state index in [4.69, 9.17) is 9.47 Å². The maximum Gasteiger partial charge on any atom is 0.332 e. The fourth-order valence-electron chi connectivity index (χ4n) is 2.78. The van der Waals surface area contributed by atoms with E-state index in [0.717, 1.165) is 0 Å². The Balaban J connectivity index is 2.81. The summed E-state index contributed by atoms with van der Waals surface area (Å²) in [6.07, 6.45) is 0.517. The molecule has 0 unspecified atom stereocenters. The first kappa shape index (κ1) is 18.4. The van der Waals surface area contributed by atoms with Gasteiger partial charge in [-0.15, -0.1) is 0 Å². The monoisotopic (exact) mass is 314 g/mol. The molecule has 22 heavy (non-hydrogen) atoms. The third-order valence-corrected chi connectivity index (χ3v) is 4.42. The van der Waals surface area contributed by atoms with Crippen LogP contribution in [-0.2, 0) is 23.9 Å². The summed E-state index contributed by atoms with van der Waals surface area (Å²) in [4.78, 5) is 35.5. The Labute approximate surface area is 131 Å². The van der Waals surface area contributed by atoms with Gasteiger partial charge in [-0.3, -0.25) is 9.59 Å². The number of hydrogen-bond donors (Lipinski definition) is 2. The predicted molar refractivity (Wildman–Crippen MR) is 80.0 cm³/mol. The van der Waals surface area contributed by atoms with Crippen molar-refractivity contribution in [2.75, 3.05) is 20.3 Å². The van der Waals surface area contributed by atoms with Crippen LogP contribution in [-0.4, -0.2) is 49.7 Å². The number of esters is 1. The van der Waals surface area contributed by atoms with Crippen molar-refractivity contribution in [1.82, 2.24) is 10.6 Å². The predicted octanol–water partition coefficient (Wildman–Crippen LogP) is 0.376. The van der Waals surface area contributed by atoms with Gasteiger partial charge < -0.3 is 20.1 Å². The van der Waals surface area contributed by atoms with E-state index < -0.39 is 22.8 Å². The number of carbonyl (C=O) groups is 3. The van der Waals surface area contributed by atoms with Crippen LogP contribution in [0.5, 0.6) is 0 Å². The van der Waals surface area contributed by atoms with E-state index in [2.05, 4.69) is 10.6 Å². The summed E-state index contributed by atoms with van der Waals surface area (Å²) in [6.45, 7) is 7.67. The maximum atomic E-state index is 12.2. The lowest BCUT2D eigenvalue weighted by molar-refractivity contribution is -0.197. The van der Waals surface area contributed by atoms with Crippen LogP contribution in [0.25, 0.3) is 0 Å². The second kappa shape index (κ2) is 7.09. The molecule has 1 aliphatic carbocycles. The van der Waals surface area contributed by atoms with Crippen molar-refractivity contribution < 1.29 is 23.9 Å². The number of methoxy groups -OCH3 is 1. The molecule has 0 aromatic carbocycles. The van der Waals surface area contributed by atoms with Crippen molar-refractivity contribution in [2.24, 2.45) is 5.41 Å². The lowest BCUT2D eigenvalue weighted by atomic mass is 9.54. The van der Waals surface area contributed by atoms with Crippen LogP contribution in [0.2, 0.25) is 0 Å². The third kappa shape index (κ3) is 3.24. The topological polar surface area (TPSA) is 93.7 Å². The molecule has 2 amide bonds. The SMILES string of the molecule is CCO[C@H]1C[C@@](NC(=O)CNC(=O)CC)(C(=O)OC)C1(C)C. The molecule has 0 heterocycles. The Morgan fingerprint density at radius 1 is 1.18 bits per heavy atom. The van der Waals surface area contributed by atoms with Crippen LogP contribution in [0.15, 0.2) is 0 Å². The highest BCUT2D eigenvalue weighted by Crippen LogP contribution is 2.51. The minimum absolute atomic E-state index is 0.137. The summed E-state index contributed by atoms with van der Waals surface area (Å²) in [5.74, 6) is -1.14. The minimum atomic E-state index is -1.13. The van der Waals surface area contributed by atoms with E-state index in [-0.39, 0.29) is 18.6 Å². The average molecular weight is 314 g/mol. The molecule has 0 radical (unpaired) electrons. The molecule has 2 N–H and O–H groups in total. The highest BCUT2D eigenvalue weighted by molar-refractivity contribution is 5.92. The van der Waals surface area contributed by atoms with Gasteiger partial charge in [0.15, 0.2) is 0 Å². The minimum Gasteiger partial charge on any atom is -0.467 e. The van der Waals surface area contributed by atoms with Crippen LogP contribution < -0.4 is 10.6 Å². The van der Waals surface area contributed by atoms with E-state index in [1.54, 1.807) is 6.92 Å². The van der Waals surface area contributed by atoms with Crippen LogP contribution in [0.4, 0.5) is 0 Å². The summed E-state index contributed by atoms with van der Waals surface area (Å²) < 4.78 is 10.5. The lowest BCUT2D eigenvalue weighted by Crippen LogP contribution is -2.76. The first-order valence-corrected chi connectivity index (χ1v) is 7.52. The molecule has 0 aromatic rings. The molecule has 0 aliphatic heterocycles. The van der Waals surface area contributed by atoms with E-state index in [1.165, 1.54) is 7.11 Å². The van der Waals surface area contributed by atoms with Gasteiger partial charge in [0.2, 0.25) is 11.8 Å². The Morgan fingerprint density at radius 2 is 1.82 bits per heavy atom. The number of nitrogens with one attached hydrogen (secondary N) is 2. The third-order valence-electron chi connectivity index (χ3n) is 4.42. The summed E-state index contributed by atoms with van der Waals surface area (Å²) in [7, 11) is 1.29. The fraction of sp³-hybridized carbons (Fsp3) is 0.800. The Bertz CT molecular complexity index is 449. The molecule has 1 fully saturated rings. The molecule has 0 bridgehead atoms. The zero-order valence-electron chi connectivity index (χ0n) is 13.9. The second-order valence-electron chi connectivity index (χ2n) is 5.95. The van der Waals surface area contributed by atoms with Gasteiger partial charge in [-0.1, -0.05) is 20.8 Å². The van der Waals surface area contributed by atoms with Gasteiger partial charge in [-0.25, -0.2) is 4.79 Å². The van der Waals surface area contributed by atoms with Crippen LogP contribution in [0.1, 0.15) is 40.5 Å². The van der Waals surface area contributed by atoms with Gasteiger partial charge in [0.05, 0.1) is 19.8 Å². The first-order valence-electron chi connectivity index (χ1n) is 7.52. The largest absolute Gasteiger partial charge is 0.467 e. The fourth-order valence-corrected chi connectivity index (χ4v) is 2.78.